The van der Waals surface area contributed by atoms with Crippen molar-refractivity contribution in [3.63, 3.8) is 0 Å². The molecule has 0 aromatic heterocycles. The van der Waals surface area contributed by atoms with E-state index < -0.39 is 10.0 Å². The number of amides is 1. The van der Waals surface area contributed by atoms with Crippen LogP contribution >= 0.6 is 12.4 Å². The van der Waals surface area contributed by atoms with E-state index in [1.165, 1.54) is 9.87 Å². The third-order valence-electron chi connectivity index (χ3n) is 4.66. The van der Waals surface area contributed by atoms with Gasteiger partial charge in [-0.2, -0.15) is 4.31 Å². The molecule has 3 rings (SSSR count). The van der Waals surface area contributed by atoms with Crippen LogP contribution in [-0.4, -0.2) is 56.3 Å². The maximum atomic E-state index is 12.8. The fourth-order valence-corrected chi connectivity index (χ4v) is 4.79. The minimum Gasteiger partial charge on any atom is -0.340 e. The molecule has 1 heterocycles. The highest BCUT2D eigenvalue weighted by atomic mass is 35.5. The predicted molar refractivity (Wildman–Crippen MR) is 94.7 cm³/mol. The molecule has 1 aromatic rings. The number of carbonyl (C=O) groups excluding carboxylic acids is 1. The molecule has 2 N–H and O–H groups in total. The smallest absolute Gasteiger partial charge is 0.243 e. The summed E-state index contributed by atoms with van der Waals surface area (Å²) in [5.74, 6) is 0.00192. The quantitative estimate of drug-likeness (QED) is 0.845. The largest absolute Gasteiger partial charge is 0.340 e. The van der Waals surface area contributed by atoms with Crippen molar-refractivity contribution >= 4 is 28.3 Å². The van der Waals surface area contributed by atoms with Crippen molar-refractivity contribution in [1.29, 1.82) is 0 Å². The van der Waals surface area contributed by atoms with Gasteiger partial charge in [0.25, 0.3) is 0 Å². The zero-order valence-corrected chi connectivity index (χ0v) is 15.2. The van der Waals surface area contributed by atoms with Gasteiger partial charge in [-0.3, -0.25) is 4.79 Å². The van der Waals surface area contributed by atoms with Gasteiger partial charge >= 0.3 is 0 Å². The molecular weight excluding hydrogens is 350 g/mol. The van der Waals surface area contributed by atoms with Crippen molar-refractivity contribution in [2.75, 3.05) is 32.7 Å². The van der Waals surface area contributed by atoms with Gasteiger partial charge in [-0.25, -0.2) is 8.42 Å². The predicted octanol–water partition coefficient (Wildman–Crippen LogP) is 0.779. The highest BCUT2D eigenvalue weighted by Gasteiger charge is 2.30. The number of carbonyl (C=O) groups is 1. The van der Waals surface area contributed by atoms with Gasteiger partial charge < -0.3 is 10.6 Å². The fourth-order valence-electron chi connectivity index (χ4n) is 3.32. The molecule has 0 atom stereocenters. The van der Waals surface area contributed by atoms with Crippen molar-refractivity contribution < 1.29 is 13.2 Å². The molecule has 6 nitrogen and oxygen atoms in total. The van der Waals surface area contributed by atoms with Crippen molar-refractivity contribution in [2.45, 2.75) is 30.6 Å². The Bertz CT molecular complexity index is 701. The second kappa shape index (κ2) is 7.82. The molecule has 0 unspecified atom stereocenters. The molecule has 0 radical (unpaired) electrons. The Morgan fingerprint density at radius 2 is 1.75 bits per heavy atom. The van der Waals surface area contributed by atoms with Crippen LogP contribution in [0.1, 0.15) is 24.0 Å². The molecule has 1 saturated heterocycles. The van der Waals surface area contributed by atoms with Crippen LogP contribution in [0.2, 0.25) is 0 Å². The van der Waals surface area contributed by atoms with Gasteiger partial charge in [0.15, 0.2) is 0 Å². The van der Waals surface area contributed by atoms with E-state index in [-0.39, 0.29) is 18.3 Å². The SMILES string of the molecule is Cl.NCCC(=O)N1CCN(S(=O)(=O)c2ccc3c(c2)CCC3)CC1. The van der Waals surface area contributed by atoms with Gasteiger partial charge in [0.05, 0.1) is 4.90 Å². The number of hydrogen-bond donors (Lipinski definition) is 1. The van der Waals surface area contributed by atoms with E-state index in [0.29, 0.717) is 44.0 Å². The Morgan fingerprint density at radius 3 is 2.42 bits per heavy atom. The van der Waals surface area contributed by atoms with Crippen LogP contribution in [-0.2, 0) is 27.7 Å². The first-order valence-corrected chi connectivity index (χ1v) is 9.56. The molecule has 1 aromatic carbocycles. The third kappa shape index (κ3) is 3.74. The Balaban J connectivity index is 0.00000208. The van der Waals surface area contributed by atoms with E-state index in [0.717, 1.165) is 24.8 Å². The van der Waals surface area contributed by atoms with E-state index in [1.54, 1.807) is 11.0 Å². The Kier molecular flexibility index (Phi) is 6.25. The van der Waals surface area contributed by atoms with Crippen molar-refractivity contribution in [3.05, 3.63) is 29.3 Å². The van der Waals surface area contributed by atoms with Gasteiger partial charge in [0.2, 0.25) is 15.9 Å². The summed E-state index contributed by atoms with van der Waals surface area (Å²) in [5.41, 5.74) is 7.82. The van der Waals surface area contributed by atoms with E-state index in [1.807, 2.05) is 12.1 Å². The van der Waals surface area contributed by atoms with Crippen molar-refractivity contribution in [1.82, 2.24) is 9.21 Å². The number of hydrogen-bond acceptors (Lipinski definition) is 4. The Morgan fingerprint density at radius 1 is 1.08 bits per heavy atom. The molecule has 134 valence electrons. The molecule has 0 spiro atoms. The van der Waals surface area contributed by atoms with Gasteiger partial charge in [0, 0.05) is 39.1 Å². The number of nitrogens with two attached hydrogens (primary N) is 1. The van der Waals surface area contributed by atoms with E-state index >= 15 is 0 Å². The Hall–Kier alpha value is -1.15. The van der Waals surface area contributed by atoms with E-state index in [2.05, 4.69) is 0 Å². The minimum absolute atomic E-state index is 0. The summed E-state index contributed by atoms with van der Waals surface area (Å²) < 4.78 is 27.1. The van der Waals surface area contributed by atoms with Crippen LogP contribution in [0.25, 0.3) is 0 Å². The van der Waals surface area contributed by atoms with Crippen LogP contribution in [0, 0.1) is 0 Å². The highest BCUT2D eigenvalue weighted by molar-refractivity contribution is 7.89. The maximum Gasteiger partial charge on any atom is 0.243 e. The molecule has 1 aliphatic carbocycles. The summed E-state index contributed by atoms with van der Waals surface area (Å²) in [7, 11) is -3.47. The highest BCUT2D eigenvalue weighted by Crippen LogP contribution is 2.26. The summed E-state index contributed by atoms with van der Waals surface area (Å²) in [6.07, 6.45) is 3.41. The average Bonchev–Trinajstić information content (AvgIpc) is 3.03. The normalized spacial score (nSPS) is 18.1. The van der Waals surface area contributed by atoms with Crippen LogP contribution in [0.4, 0.5) is 0 Å². The van der Waals surface area contributed by atoms with Gasteiger partial charge in [0.1, 0.15) is 0 Å². The lowest BCUT2D eigenvalue weighted by Crippen LogP contribution is -2.50. The maximum absolute atomic E-state index is 12.8. The number of aryl methyl sites for hydroxylation is 2. The van der Waals surface area contributed by atoms with Crippen molar-refractivity contribution in [3.8, 4) is 0 Å². The molecular formula is C16H24ClN3O3S. The number of benzene rings is 1. The molecule has 0 saturated carbocycles. The lowest BCUT2D eigenvalue weighted by molar-refractivity contribution is -0.132. The van der Waals surface area contributed by atoms with Crippen LogP contribution < -0.4 is 5.73 Å². The van der Waals surface area contributed by atoms with Crippen LogP contribution in [0.15, 0.2) is 23.1 Å². The van der Waals surface area contributed by atoms with Gasteiger partial charge in [-0.05, 0) is 42.5 Å². The molecule has 8 heteroatoms. The lowest BCUT2D eigenvalue weighted by Gasteiger charge is -2.34. The van der Waals surface area contributed by atoms with Crippen LogP contribution in [0.3, 0.4) is 0 Å². The summed E-state index contributed by atoms with van der Waals surface area (Å²) >= 11 is 0. The molecule has 1 fully saturated rings. The molecule has 1 amide bonds. The summed E-state index contributed by atoms with van der Waals surface area (Å²) in [6, 6.07) is 5.48. The number of sulfonamides is 1. The molecule has 1 aliphatic heterocycles. The third-order valence-corrected chi connectivity index (χ3v) is 6.55. The topological polar surface area (TPSA) is 83.7 Å². The fraction of sp³-hybridized carbons (Fsp3) is 0.562. The lowest BCUT2D eigenvalue weighted by atomic mass is 10.1. The zero-order valence-electron chi connectivity index (χ0n) is 13.6. The first kappa shape index (κ1) is 19.2. The van der Waals surface area contributed by atoms with Gasteiger partial charge in [-0.1, -0.05) is 6.07 Å². The monoisotopic (exact) mass is 373 g/mol. The number of nitrogens with zero attached hydrogens (tertiary/aromatic N) is 2. The number of halogens is 1. The number of rotatable bonds is 4. The van der Waals surface area contributed by atoms with E-state index in [4.69, 9.17) is 5.73 Å². The average molecular weight is 374 g/mol. The van der Waals surface area contributed by atoms with Crippen LogP contribution in [0.5, 0.6) is 0 Å². The molecule has 24 heavy (non-hydrogen) atoms. The summed E-state index contributed by atoms with van der Waals surface area (Å²) in [4.78, 5) is 13.9. The van der Waals surface area contributed by atoms with E-state index in [9.17, 15) is 13.2 Å². The first-order chi connectivity index (χ1) is 11.0. The summed E-state index contributed by atoms with van der Waals surface area (Å²) in [6.45, 7) is 1.88. The van der Waals surface area contributed by atoms with Gasteiger partial charge in [-0.15, -0.1) is 12.4 Å². The Labute approximate surface area is 149 Å². The molecule has 0 bridgehead atoms. The van der Waals surface area contributed by atoms with Crippen molar-refractivity contribution in [2.24, 2.45) is 5.73 Å². The number of fused-ring (bicyclic) bond motifs is 1. The minimum atomic E-state index is -3.47. The second-order valence-corrected chi connectivity index (χ2v) is 8.05. The zero-order chi connectivity index (χ0) is 16.4. The molecule has 2 aliphatic rings. The first-order valence-electron chi connectivity index (χ1n) is 8.12. The second-order valence-electron chi connectivity index (χ2n) is 6.11. The summed E-state index contributed by atoms with van der Waals surface area (Å²) in [5, 5.41) is 0. The standard InChI is InChI=1S/C16H23N3O3S.ClH/c17-7-6-16(20)18-8-10-19(11-9-18)23(21,22)15-5-4-13-2-1-3-14(13)12-15;/h4-5,12H,1-3,6-11,17H2;1H. The number of piperazine rings is 1.